The first kappa shape index (κ1) is 22.5. The third-order valence-electron chi connectivity index (χ3n) is 6.16. The summed E-state index contributed by atoms with van der Waals surface area (Å²) in [5.41, 5.74) is 1.81. The van der Waals surface area contributed by atoms with Gasteiger partial charge in [0.15, 0.2) is 5.69 Å². The Morgan fingerprint density at radius 2 is 1.67 bits per heavy atom. The van der Waals surface area contributed by atoms with Gasteiger partial charge in [-0.05, 0) is 56.2 Å². The van der Waals surface area contributed by atoms with Gasteiger partial charge in [0.1, 0.15) is 0 Å². The minimum atomic E-state index is -0.594. The first-order valence-electron chi connectivity index (χ1n) is 11.3. The number of carbonyl (C=O) groups excluding carboxylic acids is 2. The van der Waals surface area contributed by atoms with Crippen LogP contribution in [0.15, 0.2) is 65.5 Å². The van der Waals surface area contributed by atoms with Crippen molar-refractivity contribution in [2.24, 2.45) is 0 Å². The highest BCUT2D eigenvalue weighted by Crippen LogP contribution is 2.23. The second-order valence-electron chi connectivity index (χ2n) is 8.49. The molecule has 33 heavy (non-hydrogen) atoms. The first-order valence-corrected chi connectivity index (χ1v) is 11.3. The molecule has 2 amide bonds. The van der Waals surface area contributed by atoms with E-state index in [9.17, 15) is 14.4 Å². The number of aryl methyl sites for hydroxylation is 1. The number of carbonyl (C=O) groups is 2. The van der Waals surface area contributed by atoms with Crippen LogP contribution >= 0.6 is 0 Å². The molecule has 0 bridgehead atoms. The quantitative estimate of drug-likeness (QED) is 0.639. The van der Waals surface area contributed by atoms with Gasteiger partial charge in [-0.2, -0.15) is 5.10 Å². The van der Waals surface area contributed by atoms with E-state index in [0.29, 0.717) is 16.9 Å². The van der Waals surface area contributed by atoms with E-state index in [1.807, 2.05) is 42.3 Å². The number of amides is 2. The summed E-state index contributed by atoms with van der Waals surface area (Å²) < 4.78 is 1.57. The lowest BCUT2D eigenvalue weighted by Crippen LogP contribution is -2.38. The molecule has 1 aliphatic rings. The summed E-state index contributed by atoms with van der Waals surface area (Å²) in [6.07, 6.45) is 5.64. The fourth-order valence-electron chi connectivity index (χ4n) is 4.26. The van der Waals surface area contributed by atoms with Gasteiger partial charge >= 0.3 is 0 Å². The zero-order valence-corrected chi connectivity index (χ0v) is 19.0. The third-order valence-corrected chi connectivity index (χ3v) is 6.16. The lowest BCUT2D eigenvalue weighted by molar-refractivity contribution is 0.0696. The Bertz CT molecular complexity index is 1200. The SMILES string of the molecule is Cc1cc(=O)c(C(=O)Nc2ccc(C(=O)N(C)C3CCCCC3)cc2)nn1-c1ccccc1. The van der Waals surface area contributed by atoms with Crippen molar-refractivity contribution in [3.8, 4) is 5.69 Å². The topological polar surface area (TPSA) is 84.3 Å². The van der Waals surface area contributed by atoms with Crippen molar-refractivity contribution in [2.75, 3.05) is 12.4 Å². The molecular formula is C26H28N4O3. The van der Waals surface area contributed by atoms with E-state index in [1.54, 1.807) is 35.9 Å². The molecule has 1 heterocycles. The summed E-state index contributed by atoms with van der Waals surface area (Å²) in [6, 6.07) is 17.7. The molecule has 7 nitrogen and oxygen atoms in total. The standard InChI is InChI=1S/C26H28N4O3/c1-18-17-23(31)24(28-30(18)22-11-7-4-8-12-22)25(32)27-20-15-13-19(14-16-20)26(33)29(2)21-9-5-3-6-10-21/h4,7-8,11-17,21H,3,5-6,9-10H2,1-2H3,(H,27,32). The second kappa shape index (κ2) is 9.81. The minimum absolute atomic E-state index is 0.0225. The van der Waals surface area contributed by atoms with E-state index in [1.165, 1.54) is 12.5 Å². The van der Waals surface area contributed by atoms with E-state index < -0.39 is 11.3 Å². The van der Waals surface area contributed by atoms with Gasteiger partial charge in [0.2, 0.25) is 5.43 Å². The van der Waals surface area contributed by atoms with Gasteiger partial charge in [-0.3, -0.25) is 14.4 Å². The van der Waals surface area contributed by atoms with Crippen molar-refractivity contribution in [3.05, 3.63) is 87.8 Å². The minimum Gasteiger partial charge on any atom is -0.339 e. The molecule has 0 aliphatic heterocycles. The van der Waals surface area contributed by atoms with E-state index >= 15 is 0 Å². The first-order chi connectivity index (χ1) is 15.9. The molecule has 3 aromatic rings. The number of anilines is 1. The maximum Gasteiger partial charge on any atom is 0.280 e. The Balaban J connectivity index is 1.49. The Hall–Kier alpha value is -3.74. The third kappa shape index (κ3) is 5.03. The molecule has 0 saturated heterocycles. The van der Waals surface area contributed by atoms with Gasteiger partial charge in [0, 0.05) is 36.1 Å². The van der Waals surface area contributed by atoms with E-state index in [4.69, 9.17) is 0 Å². The Morgan fingerprint density at radius 3 is 2.33 bits per heavy atom. The molecule has 0 spiro atoms. The van der Waals surface area contributed by atoms with Gasteiger partial charge in [0.25, 0.3) is 11.8 Å². The average Bonchev–Trinajstić information content (AvgIpc) is 2.84. The van der Waals surface area contributed by atoms with Crippen LogP contribution in [0.4, 0.5) is 5.69 Å². The molecule has 2 aromatic carbocycles. The zero-order valence-electron chi connectivity index (χ0n) is 19.0. The van der Waals surface area contributed by atoms with E-state index in [2.05, 4.69) is 10.4 Å². The highest BCUT2D eigenvalue weighted by atomic mass is 16.2. The molecule has 1 N–H and O–H groups in total. The van der Waals surface area contributed by atoms with Gasteiger partial charge in [-0.1, -0.05) is 37.5 Å². The number of aromatic nitrogens is 2. The van der Waals surface area contributed by atoms with Crippen LogP contribution in [0, 0.1) is 6.92 Å². The Kier molecular flexibility index (Phi) is 6.68. The number of benzene rings is 2. The molecule has 7 heteroatoms. The predicted octanol–water partition coefficient (Wildman–Crippen LogP) is 4.20. The van der Waals surface area contributed by atoms with Crippen LogP contribution in [0.2, 0.25) is 0 Å². The van der Waals surface area contributed by atoms with Crippen molar-refractivity contribution in [2.45, 2.75) is 45.1 Å². The van der Waals surface area contributed by atoms with Gasteiger partial charge < -0.3 is 10.2 Å². The molecular weight excluding hydrogens is 416 g/mol. The number of nitrogens with one attached hydrogen (secondary N) is 1. The van der Waals surface area contributed by atoms with Gasteiger partial charge in [-0.15, -0.1) is 0 Å². The van der Waals surface area contributed by atoms with E-state index in [-0.39, 0.29) is 17.6 Å². The number of rotatable bonds is 5. The summed E-state index contributed by atoms with van der Waals surface area (Å²) in [6.45, 7) is 1.77. The number of hydrogen-bond donors (Lipinski definition) is 1. The molecule has 0 atom stereocenters. The Labute approximate surface area is 193 Å². The van der Waals surface area contributed by atoms with Crippen molar-refractivity contribution < 1.29 is 9.59 Å². The van der Waals surface area contributed by atoms with Crippen LogP contribution in [0.3, 0.4) is 0 Å². The van der Waals surface area contributed by atoms with Crippen LogP contribution in [0.5, 0.6) is 0 Å². The molecule has 170 valence electrons. The molecule has 1 aliphatic carbocycles. The van der Waals surface area contributed by atoms with Crippen LogP contribution in [0.25, 0.3) is 5.69 Å². The van der Waals surface area contributed by atoms with Gasteiger partial charge in [-0.25, -0.2) is 4.68 Å². The van der Waals surface area contributed by atoms with Crippen molar-refractivity contribution in [3.63, 3.8) is 0 Å². The van der Waals surface area contributed by atoms with Crippen LogP contribution in [0.1, 0.15) is 58.6 Å². The molecule has 1 saturated carbocycles. The lowest BCUT2D eigenvalue weighted by Gasteiger charge is -2.31. The molecule has 1 aromatic heterocycles. The number of nitrogens with zero attached hydrogens (tertiary/aromatic N) is 3. The van der Waals surface area contributed by atoms with Crippen LogP contribution in [-0.4, -0.2) is 39.6 Å². The zero-order chi connectivity index (χ0) is 23.4. The van der Waals surface area contributed by atoms with Gasteiger partial charge in [0.05, 0.1) is 5.69 Å². The second-order valence-corrected chi connectivity index (χ2v) is 8.49. The van der Waals surface area contributed by atoms with Crippen molar-refractivity contribution in [1.82, 2.24) is 14.7 Å². The highest BCUT2D eigenvalue weighted by molar-refractivity contribution is 6.03. The van der Waals surface area contributed by atoms with Crippen LogP contribution in [-0.2, 0) is 0 Å². The normalized spacial score (nSPS) is 14.0. The maximum atomic E-state index is 12.8. The maximum absolute atomic E-state index is 12.8. The largest absolute Gasteiger partial charge is 0.339 e. The Morgan fingerprint density at radius 1 is 1.00 bits per heavy atom. The summed E-state index contributed by atoms with van der Waals surface area (Å²) in [5, 5.41) is 7.01. The summed E-state index contributed by atoms with van der Waals surface area (Å²) in [4.78, 5) is 39.9. The molecule has 4 rings (SSSR count). The smallest absolute Gasteiger partial charge is 0.280 e. The monoisotopic (exact) mass is 444 g/mol. The number of hydrogen-bond acceptors (Lipinski definition) is 4. The average molecular weight is 445 g/mol. The fourth-order valence-corrected chi connectivity index (χ4v) is 4.26. The highest BCUT2D eigenvalue weighted by Gasteiger charge is 2.23. The molecule has 0 radical (unpaired) electrons. The molecule has 0 unspecified atom stereocenters. The van der Waals surface area contributed by atoms with E-state index in [0.717, 1.165) is 31.4 Å². The summed E-state index contributed by atoms with van der Waals surface area (Å²) in [5.74, 6) is -0.617. The predicted molar refractivity (Wildman–Crippen MR) is 128 cm³/mol. The molecule has 1 fully saturated rings. The lowest BCUT2D eigenvalue weighted by atomic mass is 9.94. The van der Waals surface area contributed by atoms with Crippen molar-refractivity contribution >= 4 is 17.5 Å². The number of para-hydroxylation sites is 1. The summed E-state index contributed by atoms with van der Waals surface area (Å²) in [7, 11) is 1.86. The fraction of sp³-hybridized carbons (Fsp3) is 0.308. The van der Waals surface area contributed by atoms with Crippen molar-refractivity contribution in [1.29, 1.82) is 0 Å². The summed E-state index contributed by atoms with van der Waals surface area (Å²) >= 11 is 0. The van der Waals surface area contributed by atoms with Crippen LogP contribution < -0.4 is 10.7 Å².